The Labute approximate surface area is 195 Å². The molecular formula is C26H33NO6. The number of amides is 1. The van der Waals surface area contributed by atoms with E-state index in [0.717, 1.165) is 49.0 Å². The third-order valence-electron chi connectivity index (χ3n) is 5.60. The largest absolute Gasteiger partial charge is 0.497 e. The number of benzene rings is 2. The molecule has 0 saturated heterocycles. The molecule has 33 heavy (non-hydrogen) atoms. The summed E-state index contributed by atoms with van der Waals surface area (Å²) in [5.41, 5.74) is 2.76. The topological polar surface area (TPSA) is 83.1 Å². The molecule has 1 aliphatic rings. The highest BCUT2D eigenvalue weighted by Crippen LogP contribution is 2.27. The first kappa shape index (κ1) is 24.6. The molecule has 0 spiro atoms. The number of methoxy groups -OCH3 is 2. The minimum atomic E-state index is -0.569. The molecule has 2 aromatic carbocycles. The molecule has 0 saturated carbocycles. The molecule has 2 bridgehead atoms. The predicted molar refractivity (Wildman–Crippen MR) is 126 cm³/mol. The van der Waals surface area contributed by atoms with Crippen LogP contribution >= 0.6 is 0 Å². The van der Waals surface area contributed by atoms with E-state index in [9.17, 15) is 9.59 Å². The number of anilines is 1. The van der Waals surface area contributed by atoms with Crippen LogP contribution in [-0.4, -0.2) is 38.8 Å². The molecule has 1 aliphatic heterocycles. The first-order valence-electron chi connectivity index (χ1n) is 11.5. The quantitative estimate of drug-likeness (QED) is 0.483. The van der Waals surface area contributed by atoms with Crippen molar-refractivity contribution in [2.24, 2.45) is 0 Å². The average molecular weight is 456 g/mol. The van der Waals surface area contributed by atoms with E-state index in [1.165, 1.54) is 7.11 Å². The second-order valence-corrected chi connectivity index (χ2v) is 8.10. The summed E-state index contributed by atoms with van der Waals surface area (Å²) in [6.07, 6.45) is 4.35. The summed E-state index contributed by atoms with van der Waals surface area (Å²) in [7, 11) is 3.05. The van der Waals surface area contributed by atoms with Crippen molar-refractivity contribution in [3.8, 4) is 11.5 Å². The van der Waals surface area contributed by atoms with Crippen LogP contribution in [0.3, 0.4) is 0 Å². The number of aryl methyl sites for hydroxylation is 1. The zero-order chi connectivity index (χ0) is 23.5. The number of carbonyl (C=O) groups is 2. The SMILES string of the molecule is COC(=O)CCCCC[C@@H]1OCCCc2cc(cc(OC)c2)COc2ccccc2NC1=O. The predicted octanol–water partition coefficient (Wildman–Crippen LogP) is 4.67. The number of hydrogen-bond donors (Lipinski definition) is 1. The minimum absolute atomic E-state index is 0.184. The first-order chi connectivity index (χ1) is 16.1. The lowest BCUT2D eigenvalue weighted by molar-refractivity contribution is -0.140. The second-order valence-electron chi connectivity index (χ2n) is 8.10. The molecule has 7 nitrogen and oxygen atoms in total. The molecule has 1 heterocycles. The van der Waals surface area contributed by atoms with E-state index in [-0.39, 0.29) is 11.9 Å². The Balaban J connectivity index is 1.71. The molecule has 7 heteroatoms. The van der Waals surface area contributed by atoms with Crippen LogP contribution in [0, 0.1) is 0 Å². The number of nitrogens with one attached hydrogen (secondary N) is 1. The maximum Gasteiger partial charge on any atom is 0.305 e. The molecule has 0 fully saturated rings. The Morgan fingerprint density at radius 1 is 1.09 bits per heavy atom. The smallest absolute Gasteiger partial charge is 0.305 e. The zero-order valence-corrected chi connectivity index (χ0v) is 19.4. The lowest BCUT2D eigenvalue weighted by atomic mass is 10.1. The van der Waals surface area contributed by atoms with Crippen molar-refractivity contribution >= 4 is 17.6 Å². The standard InChI is InChI=1S/C26H33NO6/c1-30-21-16-19-9-8-14-32-24(12-4-3-5-13-25(28)31-2)26(29)27-22-10-6-7-11-23(22)33-18-20(15-19)17-21/h6-7,10-11,15-17,24H,3-5,8-9,12-14,18H2,1-2H3,(H,27,29)/t24-/m0/s1. The van der Waals surface area contributed by atoms with Crippen molar-refractivity contribution in [3.05, 3.63) is 53.6 Å². The number of para-hydroxylation sites is 2. The van der Waals surface area contributed by atoms with Crippen LogP contribution in [0.15, 0.2) is 42.5 Å². The number of rotatable bonds is 7. The van der Waals surface area contributed by atoms with E-state index in [1.807, 2.05) is 36.4 Å². The third-order valence-corrected chi connectivity index (χ3v) is 5.60. The third kappa shape index (κ3) is 7.79. The van der Waals surface area contributed by atoms with Gasteiger partial charge in [0.25, 0.3) is 5.91 Å². The molecule has 0 aliphatic carbocycles. The summed E-state index contributed by atoms with van der Waals surface area (Å²) in [4.78, 5) is 24.3. The van der Waals surface area contributed by atoms with E-state index in [1.54, 1.807) is 7.11 Å². The Morgan fingerprint density at radius 2 is 1.91 bits per heavy atom. The van der Waals surface area contributed by atoms with Crippen molar-refractivity contribution in [1.82, 2.24) is 0 Å². The van der Waals surface area contributed by atoms with Crippen molar-refractivity contribution < 1.29 is 28.5 Å². The molecule has 1 amide bonds. The molecule has 0 unspecified atom stereocenters. The van der Waals surface area contributed by atoms with Crippen LogP contribution in [0.1, 0.15) is 49.7 Å². The number of carbonyl (C=O) groups excluding carboxylic acids is 2. The Hall–Kier alpha value is -3.06. The highest BCUT2D eigenvalue weighted by Gasteiger charge is 2.21. The van der Waals surface area contributed by atoms with Gasteiger partial charge in [-0.15, -0.1) is 0 Å². The summed E-state index contributed by atoms with van der Waals surface area (Å²) in [5, 5.41) is 2.97. The first-order valence-corrected chi connectivity index (χ1v) is 11.5. The highest BCUT2D eigenvalue weighted by atomic mass is 16.5. The van der Waals surface area contributed by atoms with Gasteiger partial charge in [-0.1, -0.05) is 31.0 Å². The van der Waals surface area contributed by atoms with Crippen LogP contribution in [0.5, 0.6) is 11.5 Å². The normalized spacial score (nSPS) is 16.5. The van der Waals surface area contributed by atoms with E-state index in [0.29, 0.717) is 37.5 Å². The lowest BCUT2D eigenvalue weighted by Crippen LogP contribution is -2.31. The van der Waals surface area contributed by atoms with Crippen LogP contribution < -0.4 is 14.8 Å². The monoisotopic (exact) mass is 455 g/mol. The van der Waals surface area contributed by atoms with E-state index < -0.39 is 6.10 Å². The van der Waals surface area contributed by atoms with E-state index in [4.69, 9.17) is 14.2 Å². The fourth-order valence-electron chi connectivity index (χ4n) is 3.81. The summed E-state index contributed by atoms with van der Waals surface area (Å²) in [6, 6.07) is 13.5. The number of esters is 1. The summed E-state index contributed by atoms with van der Waals surface area (Å²) in [5.74, 6) is 1.00. The Bertz CT molecular complexity index is 929. The van der Waals surface area contributed by atoms with Crippen molar-refractivity contribution in [2.75, 3.05) is 26.1 Å². The van der Waals surface area contributed by atoms with E-state index in [2.05, 4.69) is 16.1 Å². The molecule has 1 atom stereocenters. The van der Waals surface area contributed by atoms with Gasteiger partial charge in [0.05, 0.1) is 19.9 Å². The maximum absolute atomic E-state index is 13.0. The fraction of sp³-hybridized carbons (Fsp3) is 0.462. The summed E-state index contributed by atoms with van der Waals surface area (Å²) >= 11 is 0. The lowest BCUT2D eigenvalue weighted by Gasteiger charge is -2.20. The minimum Gasteiger partial charge on any atom is -0.497 e. The Morgan fingerprint density at radius 3 is 2.73 bits per heavy atom. The van der Waals surface area contributed by atoms with Gasteiger partial charge in [-0.05, 0) is 61.1 Å². The number of hydrogen-bond acceptors (Lipinski definition) is 6. The van der Waals surface area contributed by atoms with Gasteiger partial charge in [-0.3, -0.25) is 9.59 Å². The summed E-state index contributed by atoms with van der Waals surface area (Å²) < 4.78 is 22.2. The molecule has 0 aromatic heterocycles. The highest BCUT2D eigenvalue weighted by molar-refractivity contribution is 5.95. The van der Waals surface area contributed by atoms with Gasteiger partial charge in [0.1, 0.15) is 24.2 Å². The number of ether oxygens (including phenoxy) is 4. The van der Waals surface area contributed by atoms with Crippen molar-refractivity contribution in [3.63, 3.8) is 0 Å². The van der Waals surface area contributed by atoms with Gasteiger partial charge in [0, 0.05) is 13.0 Å². The molecule has 2 aromatic rings. The maximum atomic E-state index is 13.0. The molecule has 0 radical (unpaired) electrons. The second kappa shape index (κ2) is 12.8. The molecular weight excluding hydrogens is 422 g/mol. The van der Waals surface area contributed by atoms with Gasteiger partial charge in [0.2, 0.25) is 0 Å². The number of unbranched alkanes of at least 4 members (excludes halogenated alkanes) is 2. The molecule has 1 N–H and O–H groups in total. The van der Waals surface area contributed by atoms with Crippen molar-refractivity contribution in [2.45, 2.75) is 57.7 Å². The molecule has 3 rings (SSSR count). The Kier molecular flexibility index (Phi) is 9.57. The summed E-state index contributed by atoms with van der Waals surface area (Å²) in [6.45, 7) is 0.849. The average Bonchev–Trinajstić information content (AvgIpc) is 2.83. The van der Waals surface area contributed by atoms with Crippen LogP contribution in [-0.2, 0) is 32.1 Å². The van der Waals surface area contributed by atoms with Gasteiger partial charge in [-0.25, -0.2) is 0 Å². The van der Waals surface area contributed by atoms with Crippen LogP contribution in [0.2, 0.25) is 0 Å². The van der Waals surface area contributed by atoms with Gasteiger partial charge >= 0.3 is 5.97 Å². The van der Waals surface area contributed by atoms with Crippen LogP contribution in [0.25, 0.3) is 0 Å². The van der Waals surface area contributed by atoms with E-state index >= 15 is 0 Å². The van der Waals surface area contributed by atoms with Gasteiger partial charge in [-0.2, -0.15) is 0 Å². The zero-order valence-electron chi connectivity index (χ0n) is 19.4. The fourth-order valence-corrected chi connectivity index (χ4v) is 3.81. The van der Waals surface area contributed by atoms with Crippen molar-refractivity contribution in [1.29, 1.82) is 0 Å². The van der Waals surface area contributed by atoms with Crippen LogP contribution in [0.4, 0.5) is 5.69 Å². The van der Waals surface area contributed by atoms with Gasteiger partial charge < -0.3 is 24.3 Å². The number of fused-ring (bicyclic) bond motifs is 3. The molecule has 178 valence electrons. The van der Waals surface area contributed by atoms with Gasteiger partial charge in [0.15, 0.2) is 0 Å².